The number of hydrogen-bond donors (Lipinski definition) is 1. The van der Waals surface area contributed by atoms with E-state index in [2.05, 4.69) is 5.32 Å². The van der Waals surface area contributed by atoms with Crippen molar-refractivity contribution >= 4 is 35.2 Å². The number of amides is 4. The van der Waals surface area contributed by atoms with E-state index in [9.17, 15) is 19.2 Å². The standard InChI is InChI=1S/C32H34ClN3O4/c1-3-22(2)34-30(38)28(20-23-10-5-4-6-11-23)36(21-24-15-17-25(33)18-16-24)29(37)14-9-19-35-31(39)26-12-7-8-13-27(26)32(35)40/h4-8,10-13,15-18,22,28H,3,9,14,19-21H2,1-2H3,(H,34,38). The fourth-order valence-electron chi connectivity index (χ4n) is 4.76. The summed E-state index contributed by atoms with van der Waals surface area (Å²) in [6, 6.07) is 22.7. The van der Waals surface area contributed by atoms with E-state index in [1.807, 2.05) is 56.3 Å². The van der Waals surface area contributed by atoms with Crippen LogP contribution in [0.3, 0.4) is 0 Å². The van der Waals surface area contributed by atoms with Crippen LogP contribution in [0.1, 0.15) is 65.0 Å². The van der Waals surface area contributed by atoms with Crippen molar-refractivity contribution in [1.82, 2.24) is 15.1 Å². The molecule has 1 N–H and O–H groups in total. The van der Waals surface area contributed by atoms with E-state index in [4.69, 9.17) is 11.6 Å². The van der Waals surface area contributed by atoms with Gasteiger partial charge in [0.2, 0.25) is 11.8 Å². The topological polar surface area (TPSA) is 86.8 Å². The Morgan fingerprint density at radius 1 is 0.875 bits per heavy atom. The molecule has 2 unspecified atom stereocenters. The number of halogens is 1. The van der Waals surface area contributed by atoms with Crippen LogP contribution < -0.4 is 5.32 Å². The van der Waals surface area contributed by atoms with Crippen molar-refractivity contribution in [3.63, 3.8) is 0 Å². The number of rotatable bonds is 12. The van der Waals surface area contributed by atoms with Crippen molar-refractivity contribution in [3.05, 3.63) is 106 Å². The van der Waals surface area contributed by atoms with E-state index < -0.39 is 6.04 Å². The van der Waals surface area contributed by atoms with Crippen molar-refractivity contribution in [1.29, 1.82) is 0 Å². The molecule has 2 atom stereocenters. The molecule has 4 rings (SSSR count). The number of hydrogen-bond acceptors (Lipinski definition) is 4. The summed E-state index contributed by atoms with van der Waals surface area (Å²) in [5.41, 5.74) is 2.54. The summed E-state index contributed by atoms with van der Waals surface area (Å²) in [5.74, 6) is -1.14. The lowest BCUT2D eigenvalue weighted by Crippen LogP contribution is -2.52. The van der Waals surface area contributed by atoms with Gasteiger partial charge in [-0.25, -0.2) is 0 Å². The molecule has 0 saturated carbocycles. The fourth-order valence-corrected chi connectivity index (χ4v) is 4.88. The van der Waals surface area contributed by atoms with Crippen molar-refractivity contribution in [3.8, 4) is 0 Å². The van der Waals surface area contributed by atoms with Crippen LogP contribution in [0, 0.1) is 0 Å². The molecule has 0 saturated heterocycles. The summed E-state index contributed by atoms with van der Waals surface area (Å²) < 4.78 is 0. The van der Waals surface area contributed by atoms with Crippen LogP contribution >= 0.6 is 11.6 Å². The van der Waals surface area contributed by atoms with Gasteiger partial charge in [0, 0.05) is 37.0 Å². The SMILES string of the molecule is CCC(C)NC(=O)C(Cc1ccccc1)N(Cc1ccc(Cl)cc1)C(=O)CCCN1C(=O)c2ccccc2C1=O. The largest absolute Gasteiger partial charge is 0.352 e. The maximum atomic E-state index is 13.8. The maximum Gasteiger partial charge on any atom is 0.261 e. The number of benzene rings is 3. The summed E-state index contributed by atoms with van der Waals surface area (Å²) in [6.07, 6.45) is 1.46. The zero-order chi connectivity index (χ0) is 28.6. The molecule has 0 aliphatic carbocycles. The summed E-state index contributed by atoms with van der Waals surface area (Å²) in [6.45, 7) is 4.27. The first-order valence-corrected chi connectivity index (χ1v) is 14.0. The second kappa shape index (κ2) is 13.4. The predicted octanol–water partition coefficient (Wildman–Crippen LogP) is 5.27. The Morgan fingerprint density at radius 2 is 1.48 bits per heavy atom. The zero-order valence-corrected chi connectivity index (χ0v) is 23.6. The smallest absolute Gasteiger partial charge is 0.261 e. The van der Waals surface area contributed by atoms with Crippen molar-refractivity contribution < 1.29 is 19.2 Å². The average Bonchev–Trinajstić information content (AvgIpc) is 3.21. The number of nitrogens with zero attached hydrogens (tertiary/aromatic N) is 2. The highest BCUT2D eigenvalue weighted by molar-refractivity contribution is 6.30. The van der Waals surface area contributed by atoms with E-state index in [1.165, 1.54) is 4.90 Å². The second-order valence-corrected chi connectivity index (χ2v) is 10.5. The monoisotopic (exact) mass is 559 g/mol. The number of imide groups is 1. The average molecular weight is 560 g/mol. The van der Waals surface area contributed by atoms with E-state index in [0.29, 0.717) is 22.6 Å². The van der Waals surface area contributed by atoms with Gasteiger partial charge in [0.1, 0.15) is 6.04 Å². The van der Waals surface area contributed by atoms with Gasteiger partial charge in [0.05, 0.1) is 11.1 Å². The van der Waals surface area contributed by atoms with Gasteiger partial charge in [-0.3, -0.25) is 24.1 Å². The highest BCUT2D eigenvalue weighted by Crippen LogP contribution is 2.23. The van der Waals surface area contributed by atoms with E-state index in [1.54, 1.807) is 41.3 Å². The van der Waals surface area contributed by atoms with Gasteiger partial charge in [-0.2, -0.15) is 0 Å². The molecule has 208 valence electrons. The summed E-state index contributed by atoms with van der Waals surface area (Å²) in [4.78, 5) is 55.7. The molecular weight excluding hydrogens is 526 g/mol. The van der Waals surface area contributed by atoms with Crippen LogP contribution in [-0.4, -0.2) is 52.1 Å². The Labute approximate surface area is 240 Å². The highest BCUT2D eigenvalue weighted by atomic mass is 35.5. The van der Waals surface area contributed by atoms with Crippen molar-refractivity contribution in [2.75, 3.05) is 6.54 Å². The first-order valence-electron chi connectivity index (χ1n) is 13.6. The lowest BCUT2D eigenvalue weighted by atomic mass is 10.0. The predicted molar refractivity (Wildman–Crippen MR) is 155 cm³/mol. The molecule has 3 aromatic carbocycles. The fraction of sp³-hybridized carbons (Fsp3) is 0.312. The summed E-state index contributed by atoms with van der Waals surface area (Å²) >= 11 is 6.09. The van der Waals surface area contributed by atoms with Gasteiger partial charge in [-0.15, -0.1) is 0 Å². The molecule has 1 aliphatic rings. The molecule has 40 heavy (non-hydrogen) atoms. The van der Waals surface area contributed by atoms with Gasteiger partial charge in [-0.05, 0) is 55.2 Å². The van der Waals surface area contributed by atoms with Crippen LogP contribution in [-0.2, 0) is 22.6 Å². The molecule has 1 heterocycles. The Kier molecular flexibility index (Phi) is 9.72. The van der Waals surface area contributed by atoms with Gasteiger partial charge in [0.15, 0.2) is 0 Å². The third-order valence-electron chi connectivity index (χ3n) is 7.19. The second-order valence-electron chi connectivity index (χ2n) is 10.1. The molecule has 7 nitrogen and oxygen atoms in total. The Hall–Kier alpha value is -3.97. The normalized spacial score (nSPS) is 14.0. The first-order chi connectivity index (χ1) is 19.3. The van der Waals surface area contributed by atoms with Crippen molar-refractivity contribution in [2.45, 2.75) is 58.2 Å². The third kappa shape index (κ3) is 6.96. The minimum Gasteiger partial charge on any atom is -0.352 e. The number of fused-ring (bicyclic) bond motifs is 1. The van der Waals surface area contributed by atoms with Crippen LogP contribution in [0.2, 0.25) is 5.02 Å². The van der Waals surface area contributed by atoms with Crippen LogP contribution in [0.15, 0.2) is 78.9 Å². The van der Waals surface area contributed by atoms with Crippen LogP contribution in [0.5, 0.6) is 0 Å². The molecule has 3 aromatic rings. The molecule has 0 aromatic heterocycles. The van der Waals surface area contributed by atoms with Gasteiger partial charge in [0.25, 0.3) is 11.8 Å². The highest BCUT2D eigenvalue weighted by Gasteiger charge is 2.35. The number of carbonyl (C=O) groups excluding carboxylic acids is 4. The summed E-state index contributed by atoms with van der Waals surface area (Å²) in [7, 11) is 0. The molecule has 0 bridgehead atoms. The zero-order valence-electron chi connectivity index (χ0n) is 22.8. The number of carbonyl (C=O) groups is 4. The summed E-state index contributed by atoms with van der Waals surface area (Å²) in [5, 5.41) is 3.63. The minimum absolute atomic E-state index is 0.0490. The Morgan fingerprint density at radius 3 is 2.08 bits per heavy atom. The molecular formula is C32H34ClN3O4. The number of nitrogens with one attached hydrogen (secondary N) is 1. The van der Waals surface area contributed by atoms with E-state index in [0.717, 1.165) is 17.5 Å². The minimum atomic E-state index is -0.751. The molecule has 4 amide bonds. The molecule has 0 spiro atoms. The van der Waals surface area contributed by atoms with Crippen molar-refractivity contribution in [2.24, 2.45) is 0 Å². The maximum absolute atomic E-state index is 13.8. The van der Waals surface area contributed by atoms with Crippen LogP contribution in [0.25, 0.3) is 0 Å². The lowest BCUT2D eigenvalue weighted by molar-refractivity contribution is -0.141. The third-order valence-corrected chi connectivity index (χ3v) is 7.44. The van der Waals surface area contributed by atoms with Crippen LogP contribution in [0.4, 0.5) is 0 Å². The van der Waals surface area contributed by atoms with Gasteiger partial charge < -0.3 is 10.2 Å². The van der Waals surface area contributed by atoms with E-state index >= 15 is 0 Å². The lowest BCUT2D eigenvalue weighted by Gasteiger charge is -2.32. The quantitative estimate of drug-likeness (QED) is 0.306. The molecule has 0 fully saturated rings. The van der Waals surface area contributed by atoms with Gasteiger partial charge >= 0.3 is 0 Å². The molecule has 1 aliphatic heterocycles. The van der Waals surface area contributed by atoms with Gasteiger partial charge in [-0.1, -0.05) is 73.1 Å². The Bertz CT molecular complexity index is 1330. The first kappa shape index (κ1) is 29.0. The Balaban J connectivity index is 1.54. The molecule has 8 heteroatoms. The molecule has 0 radical (unpaired) electrons. The van der Waals surface area contributed by atoms with E-state index in [-0.39, 0.29) is 55.6 Å².